The predicted octanol–water partition coefficient (Wildman–Crippen LogP) is 1.48. The number of hydrogen-bond donors (Lipinski definition) is 1. The second kappa shape index (κ2) is 6.75. The van der Waals surface area contributed by atoms with Crippen molar-refractivity contribution in [3.63, 3.8) is 0 Å². The minimum atomic E-state index is -0.149. The van der Waals surface area contributed by atoms with E-state index in [2.05, 4.69) is 10.3 Å². The summed E-state index contributed by atoms with van der Waals surface area (Å²) >= 11 is 0. The maximum absolute atomic E-state index is 12.9. The van der Waals surface area contributed by atoms with Crippen molar-refractivity contribution in [2.24, 2.45) is 17.3 Å². The topological polar surface area (TPSA) is 71.5 Å². The van der Waals surface area contributed by atoms with Gasteiger partial charge in [-0.25, -0.2) is 0 Å². The van der Waals surface area contributed by atoms with Crippen molar-refractivity contribution in [3.05, 3.63) is 30.1 Å². The molecule has 0 aromatic carbocycles. The molecule has 3 heterocycles. The molecule has 3 aliphatic rings. The van der Waals surface area contributed by atoms with Crippen LogP contribution in [0.5, 0.6) is 0 Å². The van der Waals surface area contributed by atoms with Crippen LogP contribution in [-0.4, -0.2) is 54.5 Å². The largest absolute Gasteiger partial charge is 0.381 e. The SMILES string of the molecule is O=C(NCC1CC1)[C@H]1CN(C(=O)c2cccnc2)CC12CCOCC2. The first-order valence-corrected chi connectivity index (χ1v) is 9.23. The Morgan fingerprint density at radius 2 is 2.12 bits per heavy atom. The fourth-order valence-electron chi connectivity index (χ4n) is 4.13. The summed E-state index contributed by atoms with van der Waals surface area (Å²) in [6, 6.07) is 3.56. The van der Waals surface area contributed by atoms with E-state index in [1.165, 1.54) is 12.8 Å². The molecule has 2 amide bonds. The third-order valence-electron chi connectivity index (χ3n) is 5.91. The Hall–Kier alpha value is -1.95. The molecule has 6 nitrogen and oxygen atoms in total. The van der Waals surface area contributed by atoms with E-state index in [4.69, 9.17) is 4.74 Å². The minimum Gasteiger partial charge on any atom is -0.381 e. The monoisotopic (exact) mass is 343 g/mol. The maximum atomic E-state index is 12.9. The van der Waals surface area contributed by atoms with Crippen LogP contribution >= 0.6 is 0 Å². The Balaban J connectivity index is 1.51. The molecular weight excluding hydrogens is 318 g/mol. The van der Waals surface area contributed by atoms with Crippen LogP contribution < -0.4 is 5.32 Å². The van der Waals surface area contributed by atoms with Gasteiger partial charge < -0.3 is 15.0 Å². The van der Waals surface area contributed by atoms with Crippen LogP contribution in [0.25, 0.3) is 0 Å². The van der Waals surface area contributed by atoms with Gasteiger partial charge in [0.05, 0.1) is 11.5 Å². The van der Waals surface area contributed by atoms with Crippen molar-refractivity contribution in [1.29, 1.82) is 0 Å². The highest BCUT2D eigenvalue weighted by atomic mass is 16.5. The van der Waals surface area contributed by atoms with Gasteiger partial charge in [0.15, 0.2) is 0 Å². The zero-order chi connectivity index (χ0) is 17.3. The van der Waals surface area contributed by atoms with Crippen molar-refractivity contribution < 1.29 is 14.3 Å². The van der Waals surface area contributed by atoms with E-state index in [-0.39, 0.29) is 23.1 Å². The summed E-state index contributed by atoms with van der Waals surface area (Å²) in [5.41, 5.74) is 0.438. The molecule has 0 unspecified atom stereocenters. The highest BCUT2D eigenvalue weighted by Gasteiger charge is 2.51. The molecule has 1 spiro atoms. The lowest BCUT2D eigenvalue weighted by Crippen LogP contribution is -2.44. The first kappa shape index (κ1) is 16.5. The molecule has 1 aromatic rings. The smallest absolute Gasteiger partial charge is 0.255 e. The Morgan fingerprint density at radius 1 is 1.32 bits per heavy atom. The maximum Gasteiger partial charge on any atom is 0.255 e. The van der Waals surface area contributed by atoms with Crippen molar-refractivity contribution in [1.82, 2.24) is 15.2 Å². The molecule has 4 rings (SSSR count). The normalized spacial score (nSPS) is 25.1. The standard InChI is InChI=1S/C19H25N3O3/c23-17(21-10-14-3-4-14)16-12-22(13-19(16)5-8-25-9-6-19)18(24)15-2-1-7-20-11-15/h1-2,7,11,14,16H,3-6,8-10,12-13H2,(H,21,23)/t16-/m1/s1. The number of carbonyl (C=O) groups is 2. The van der Waals surface area contributed by atoms with Crippen LogP contribution in [0.15, 0.2) is 24.5 Å². The molecule has 134 valence electrons. The third kappa shape index (κ3) is 3.40. The Labute approximate surface area is 147 Å². The van der Waals surface area contributed by atoms with Crippen molar-refractivity contribution >= 4 is 11.8 Å². The second-order valence-corrected chi connectivity index (χ2v) is 7.64. The van der Waals surface area contributed by atoms with Crippen LogP contribution in [0.4, 0.5) is 0 Å². The Morgan fingerprint density at radius 3 is 2.80 bits per heavy atom. The van der Waals surface area contributed by atoms with Gasteiger partial charge in [-0.05, 0) is 43.7 Å². The van der Waals surface area contributed by atoms with Crippen LogP contribution in [0.1, 0.15) is 36.0 Å². The van der Waals surface area contributed by atoms with Crippen molar-refractivity contribution in [2.75, 3.05) is 32.8 Å². The van der Waals surface area contributed by atoms with Crippen LogP contribution in [0, 0.1) is 17.3 Å². The van der Waals surface area contributed by atoms with Crippen LogP contribution in [0.3, 0.4) is 0 Å². The average Bonchev–Trinajstić information content (AvgIpc) is 3.42. The minimum absolute atomic E-state index is 0.0311. The van der Waals surface area contributed by atoms with Gasteiger partial charge in [0.2, 0.25) is 5.91 Å². The van der Waals surface area contributed by atoms with E-state index in [0.717, 1.165) is 19.4 Å². The summed E-state index contributed by atoms with van der Waals surface area (Å²) in [6.07, 6.45) is 7.37. The zero-order valence-corrected chi connectivity index (χ0v) is 14.4. The quantitative estimate of drug-likeness (QED) is 0.899. The van der Waals surface area contributed by atoms with Gasteiger partial charge in [0.1, 0.15) is 0 Å². The molecule has 1 N–H and O–H groups in total. The summed E-state index contributed by atoms with van der Waals surface area (Å²) in [6.45, 7) is 3.23. The van der Waals surface area contributed by atoms with E-state index in [0.29, 0.717) is 37.8 Å². The van der Waals surface area contributed by atoms with E-state index in [1.54, 1.807) is 24.5 Å². The zero-order valence-electron chi connectivity index (χ0n) is 14.4. The molecule has 1 aromatic heterocycles. The number of hydrogen-bond acceptors (Lipinski definition) is 4. The van der Waals surface area contributed by atoms with Crippen LogP contribution in [-0.2, 0) is 9.53 Å². The van der Waals surface area contributed by atoms with Gasteiger partial charge in [0.25, 0.3) is 5.91 Å². The van der Waals surface area contributed by atoms with Gasteiger partial charge >= 0.3 is 0 Å². The van der Waals surface area contributed by atoms with E-state index in [9.17, 15) is 9.59 Å². The molecule has 1 saturated carbocycles. The summed E-state index contributed by atoms with van der Waals surface area (Å²) in [5.74, 6) is 0.589. The van der Waals surface area contributed by atoms with Gasteiger partial charge in [-0.15, -0.1) is 0 Å². The van der Waals surface area contributed by atoms with E-state index in [1.807, 2.05) is 4.90 Å². The highest BCUT2D eigenvalue weighted by molar-refractivity contribution is 5.95. The molecule has 25 heavy (non-hydrogen) atoms. The number of rotatable bonds is 4. The lowest BCUT2D eigenvalue weighted by atomic mass is 9.71. The molecule has 6 heteroatoms. The van der Waals surface area contributed by atoms with Gasteiger partial charge in [-0.1, -0.05) is 0 Å². The first-order valence-electron chi connectivity index (χ1n) is 9.23. The molecule has 1 atom stereocenters. The molecular formula is C19H25N3O3. The fourth-order valence-corrected chi connectivity index (χ4v) is 4.13. The Bertz CT molecular complexity index is 639. The lowest BCUT2D eigenvalue weighted by molar-refractivity contribution is -0.129. The number of nitrogens with one attached hydrogen (secondary N) is 1. The Kier molecular flexibility index (Phi) is 4.46. The number of aromatic nitrogens is 1. The molecule has 0 bridgehead atoms. The highest BCUT2D eigenvalue weighted by Crippen LogP contribution is 2.45. The fraction of sp³-hybridized carbons (Fsp3) is 0.632. The summed E-state index contributed by atoms with van der Waals surface area (Å²) in [4.78, 5) is 31.6. The molecule has 2 aliphatic heterocycles. The number of likely N-dealkylation sites (tertiary alicyclic amines) is 1. The number of nitrogens with zero attached hydrogens (tertiary/aromatic N) is 2. The summed E-state index contributed by atoms with van der Waals surface area (Å²) in [5, 5.41) is 3.13. The number of ether oxygens (including phenoxy) is 1. The van der Waals surface area contributed by atoms with Crippen LogP contribution in [0.2, 0.25) is 0 Å². The van der Waals surface area contributed by atoms with E-state index < -0.39 is 0 Å². The summed E-state index contributed by atoms with van der Waals surface area (Å²) < 4.78 is 5.53. The van der Waals surface area contributed by atoms with Crippen molar-refractivity contribution in [2.45, 2.75) is 25.7 Å². The summed E-state index contributed by atoms with van der Waals surface area (Å²) in [7, 11) is 0. The number of carbonyl (C=O) groups excluding carboxylic acids is 2. The van der Waals surface area contributed by atoms with E-state index >= 15 is 0 Å². The molecule has 3 fully saturated rings. The van der Waals surface area contributed by atoms with Gasteiger partial charge in [0, 0.05) is 50.7 Å². The molecule has 0 radical (unpaired) electrons. The molecule has 2 saturated heterocycles. The third-order valence-corrected chi connectivity index (χ3v) is 5.91. The number of pyridine rings is 1. The average molecular weight is 343 g/mol. The lowest BCUT2D eigenvalue weighted by Gasteiger charge is -2.37. The first-order chi connectivity index (χ1) is 12.2. The molecule has 1 aliphatic carbocycles. The van der Waals surface area contributed by atoms with Gasteiger partial charge in [-0.2, -0.15) is 0 Å². The second-order valence-electron chi connectivity index (χ2n) is 7.64. The number of amides is 2. The van der Waals surface area contributed by atoms with Crippen molar-refractivity contribution in [3.8, 4) is 0 Å². The predicted molar refractivity (Wildman–Crippen MR) is 91.9 cm³/mol. The van der Waals surface area contributed by atoms with Gasteiger partial charge in [-0.3, -0.25) is 14.6 Å².